The topological polar surface area (TPSA) is 26.0 Å². The first-order chi connectivity index (χ1) is 9.61. The summed E-state index contributed by atoms with van der Waals surface area (Å²) in [6.07, 6.45) is 0.984. The smallest absolute Gasteiger partial charge is 0.0498 e. The summed E-state index contributed by atoms with van der Waals surface area (Å²) in [7, 11) is 0. The van der Waals surface area contributed by atoms with Gasteiger partial charge in [-0.1, -0.05) is 48.9 Å². The normalized spacial score (nSPS) is 14.0. The second kappa shape index (κ2) is 6.96. The first kappa shape index (κ1) is 15.1. The summed E-state index contributed by atoms with van der Waals surface area (Å²) in [5.41, 5.74) is 10.4. The van der Waals surface area contributed by atoms with E-state index in [4.69, 9.17) is 5.73 Å². The molecule has 106 valence electrons. The zero-order valence-electron chi connectivity index (χ0n) is 12.5. The molecule has 2 rings (SSSR count). The molecule has 20 heavy (non-hydrogen) atoms. The van der Waals surface area contributed by atoms with Gasteiger partial charge in [-0.2, -0.15) is 0 Å². The number of benzene rings is 2. The largest absolute Gasteiger partial charge is 0.326 e. The summed E-state index contributed by atoms with van der Waals surface area (Å²) >= 11 is 1.88. The van der Waals surface area contributed by atoms with Crippen LogP contribution in [0.4, 0.5) is 0 Å². The molecule has 0 amide bonds. The molecule has 2 heteroatoms. The van der Waals surface area contributed by atoms with Crippen LogP contribution >= 0.6 is 11.8 Å². The van der Waals surface area contributed by atoms with Gasteiger partial charge in [-0.15, -0.1) is 11.8 Å². The third-order valence-electron chi connectivity index (χ3n) is 3.61. The molecule has 1 nitrogen and oxygen atoms in total. The minimum atomic E-state index is 0.168. The first-order valence-electron chi connectivity index (χ1n) is 7.16. The van der Waals surface area contributed by atoms with Crippen molar-refractivity contribution in [1.29, 1.82) is 0 Å². The molecule has 2 aromatic rings. The Morgan fingerprint density at radius 1 is 1.05 bits per heavy atom. The predicted octanol–water partition coefficient (Wildman–Crippen LogP) is 4.87. The van der Waals surface area contributed by atoms with Crippen LogP contribution < -0.4 is 5.73 Å². The van der Waals surface area contributed by atoms with Gasteiger partial charge < -0.3 is 5.73 Å². The molecule has 0 spiro atoms. The van der Waals surface area contributed by atoms with Crippen LogP contribution in [-0.4, -0.2) is 6.04 Å². The van der Waals surface area contributed by atoms with Crippen LogP contribution in [0.1, 0.15) is 35.3 Å². The number of aryl methyl sites for hydroxylation is 2. The summed E-state index contributed by atoms with van der Waals surface area (Å²) in [6.45, 7) is 6.46. The maximum absolute atomic E-state index is 6.38. The van der Waals surface area contributed by atoms with E-state index in [1.54, 1.807) is 0 Å². The highest BCUT2D eigenvalue weighted by molar-refractivity contribution is 7.99. The molecular formula is C18H23NS. The van der Waals surface area contributed by atoms with Crippen molar-refractivity contribution < 1.29 is 0 Å². The fraction of sp³-hybridized carbons (Fsp3) is 0.333. The zero-order valence-corrected chi connectivity index (χ0v) is 13.3. The van der Waals surface area contributed by atoms with Crippen LogP contribution in [0.15, 0.2) is 53.4 Å². The zero-order chi connectivity index (χ0) is 14.5. The number of hydrogen-bond acceptors (Lipinski definition) is 2. The summed E-state index contributed by atoms with van der Waals surface area (Å²) in [6, 6.07) is 17.4. The van der Waals surface area contributed by atoms with Crippen molar-refractivity contribution >= 4 is 11.8 Å². The fourth-order valence-electron chi connectivity index (χ4n) is 2.34. The van der Waals surface area contributed by atoms with Crippen LogP contribution in [0.3, 0.4) is 0 Å². The van der Waals surface area contributed by atoms with Gasteiger partial charge in [0.15, 0.2) is 0 Å². The monoisotopic (exact) mass is 285 g/mol. The molecule has 2 aromatic carbocycles. The van der Waals surface area contributed by atoms with Gasteiger partial charge in [0, 0.05) is 16.2 Å². The number of hydrogen-bond donors (Lipinski definition) is 1. The minimum absolute atomic E-state index is 0.168. The Balaban J connectivity index is 2.32. The molecule has 0 aliphatic rings. The molecule has 0 saturated heterocycles. The van der Waals surface area contributed by atoms with Crippen LogP contribution in [0, 0.1) is 13.8 Å². The molecule has 0 heterocycles. The third kappa shape index (κ3) is 3.65. The van der Waals surface area contributed by atoms with Gasteiger partial charge in [0.25, 0.3) is 0 Å². The summed E-state index contributed by atoms with van der Waals surface area (Å²) in [4.78, 5) is 1.29. The lowest BCUT2D eigenvalue weighted by Gasteiger charge is -2.24. The number of nitrogens with two attached hydrogens (primary N) is 1. The third-order valence-corrected chi connectivity index (χ3v) is 4.99. The molecule has 0 aliphatic heterocycles. The maximum Gasteiger partial charge on any atom is 0.0498 e. The second-order valence-electron chi connectivity index (χ2n) is 5.28. The van der Waals surface area contributed by atoms with E-state index < -0.39 is 0 Å². The lowest BCUT2D eigenvalue weighted by atomic mass is 10.00. The Morgan fingerprint density at radius 3 is 2.45 bits per heavy atom. The fourth-order valence-corrected chi connectivity index (χ4v) is 3.80. The Hall–Kier alpha value is -1.25. The molecule has 0 bridgehead atoms. The lowest BCUT2D eigenvalue weighted by molar-refractivity contribution is 0.632. The van der Waals surface area contributed by atoms with Crippen molar-refractivity contribution in [2.24, 2.45) is 5.73 Å². The highest BCUT2D eigenvalue weighted by Gasteiger charge is 2.21. The molecule has 2 unspecified atom stereocenters. The van der Waals surface area contributed by atoms with Crippen LogP contribution in [0.2, 0.25) is 0 Å². The minimum Gasteiger partial charge on any atom is -0.326 e. The van der Waals surface area contributed by atoms with Gasteiger partial charge in [-0.05, 0) is 43.5 Å². The SMILES string of the molecule is CCC(N)C(Sc1cccc(C)c1)c1ccccc1C. The van der Waals surface area contributed by atoms with Gasteiger partial charge in [-0.3, -0.25) is 0 Å². The Morgan fingerprint density at radius 2 is 1.80 bits per heavy atom. The standard InChI is InChI=1S/C18H23NS/c1-4-17(19)18(16-11-6-5-9-14(16)3)20-15-10-7-8-13(2)12-15/h5-12,17-18H,4,19H2,1-3H3. The Labute approximate surface area is 126 Å². The summed E-state index contributed by atoms with van der Waals surface area (Å²) in [5, 5.41) is 0.308. The quantitative estimate of drug-likeness (QED) is 0.793. The number of rotatable bonds is 5. The molecular weight excluding hydrogens is 262 g/mol. The van der Waals surface area contributed by atoms with Crippen LogP contribution in [-0.2, 0) is 0 Å². The maximum atomic E-state index is 6.38. The van der Waals surface area contributed by atoms with E-state index in [2.05, 4.69) is 69.3 Å². The molecule has 0 fully saturated rings. The van der Waals surface area contributed by atoms with Crippen molar-refractivity contribution in [1.82, 2.24) is 0 Å². The van der Waals surface area contributed by atoms with E-state index in [1.807, 2.05) is 11.8 Å². The van der Waals surface area contributed by atoms with Gasteiger partial charge in [-0.25, -0.2) is 0 Å². The van der Waals surface area contributed by atoms with E-state index in [1.165, 1.54) is 21.6 Å². The van der Waals surface area contributed by atoms with Gasteiger partial charge in [0.05, 0.1) is 0 Å². The average molecular weight is 285 g/mol. The number of thioether (sulfide) groups is 1. The highest BCUT2D eigenvalue weighted by Crippen LogP contribution is 2.39. The Bertz CT molecular complexity index is 565. The molecule has 0 saturated carbocycles. The highest BCUT2D eigenvalue weighted by atomic mass is 32.2. The van der Waals surface area contributed by atoms with Crippen molar-refractivity contribution in [3.8, 4) is 0 Å². The Kier molecular flexibility index (Phi) is 5.27. The molecule has 0 aliphatic carbocycles. The van der Waals surface area contributed by atoms with Gasteiger partial charge in [0.1, 0.15) is 0 Å². The van der Waals surface area contributed by atoms with E-state index in [0.29, 0.717) is 5.25 Å². The van der Waals surface area contributed by atoms with Crippen molar-refractivity contribution in [2.75, 3.05) is 0 Å². The van der Waals surface area contributed by atoms with Crippen molar-refractivity contribution in [2.45, 2.75) is 43.4 Å². The molecule has 2 N–H and O–H groups in total. The van der Waals surface area contributed by atoms with Gasteiger partial charge >= 0.3 is 0 Å². The van der Waals surface area contributed by atoms with E-state index in [0.717, 1.165) is 6.42 Å². The predicted molar refractivity (Wildman–Crippen MR) is 89.2 cm³/mol. The van der Waals surface area contributed by atoms with Gasteiger partial charge in [0.2, 0.25) is 0 Å². The average Bonchev–Trinajstić information content (AvgIpc) is 2.45. The van der Waals surface area contributed by atoms with Crippen molar-refractivity contribution in [3.05, 3.63) is 65.2 Å². The lowest BCUT2D eigenvalue weighted by Crippen LogP contribution is -2.26. The van der Waals surface area contributed by atoms with E-state index in [9.17, 15) is 0 Å². The van der Waals surface area contributed by atoms with Crippen molar-refractivity contribution in [3.63, 3.8) is 0 Å². The summed E-state index contributed by atoms with van der Waals surface area (Å²) in [5.74, 6) is 0. The molecule has 2 atom stereocenters. The first-order valence-corrected chi connectivity index (χ1v) is 8.04. The van der Waals surface area contributed by atoms with E-state index >= 15 is 0 Å². The summed E-state index contributed by atoms with van der Waals surface area (Å²) < 4.78 is 0. The van der Waals surface area contributed by atoms with Crippen LogP contribution in [0.25, 0.3) is 0 Å². The molecule has 0 aromatic heterocycles. The molecule has 0 radical (unpaired) electrons. The second-order valence-corrected chi connectivity index (χ2v) is 6.50. The van der Waals surface area contributed by atoms with E-state index in [-0.39, 0.29) is 6.04 Å². The van der Waals surface area contributed by atoms with Crippen LogP contribution in [0.5, 0.6) is 0 Å².